The molecule has 5 nitrogen and oxygen atoms in total. The number of nitrogens with zero attached hydrogens (tertiary/aromatic N) is 4. The molecule has 0 amide bonds. The molecule has 0 N–H and O–H groups in total. The number of benzene rings is 6. The van der Waals surface area contributed by atoms with Crippen molar-refractivity contribution in [1.29, 1.82) is 0 Å². The quantitative estimate of drug-likeness (QED) is 0.147. The van der Waals surface area contributed by atoms with Crippen LogP contribution in [0.15, 0.2) is 146 Å². The summed E-state index contributed by atoms with van der Waals surface area (Å²) in [6.07, 6.45) is 4.67. The molecule has 15 rings (SSSR count). The van der Waals surface area contributed by atoms with Crippen LogP contribution in [0.25, 0.3) is 72.1 Å². The van der Waals surface area contributed by atoms with E-state index in [0.29, 0.717) is 0 Å². The minimum Gasteiger partial charge on any atom is -0.456 e. The molecule has 6 aromatic carbocycles. The van der Waals surface area contributed by atoms with Gasteiger partial charge in [0.25, 0.3) is 11.5 Å². The normalized spacial score (nSPS) is 18.0. The second-order valence-electron chi connectivity index (χ2n) is 16.5. The summed E-state index contributed by atoms with van der Waals surface area (Å²) in [6.45, 7) is 4.82. The highest BCUT2D eigenvalue weighted by Crippen LogP contribution is 2.66. The van der Waals surface area contributed by atoms with Crippen LogP contribution >= 0.6 is 0 Å². The first-order valence-corrected chi connectivity index (χ1v) is 19.3. The van der Waals surface area contributed by atoms with Crippen LogP contribution < -0.4 is 18.8 Å². The monoisotopic (exact) mass is 702 g/mol. The molecule has 6 aliphatic rings. The van der Waals surface area contributed by atoms with Crippen LogP contribution in [0, 0.1) is 0 Å². The summed E-state index contributed by atoms with van der Waals surface area (Å²) in [5, 5.41) is 2.51. The molecular formula is C50H30N4O+2. The Labute approximate surface area is 316 Å². The Bertz CT molecular complexity index is 3410. The fourth-order valence-corrected chi connectivity index (χ4v) is 11.8. The molecule has 5 heteroatoms. The smallest absolute Gasteiger partial charge is 0.321 e. The summed E-state index contributed by atoms with van der Waals surface area (Å²) in [5.74, 6) is 2.97. The van der Waals surface area contributed by atoms with E-state index in [1.807, 2.05) is 0 Å². The van der Waals surface area contributed by atoms with Gasteiger partial charge in [-0.1, -0.05) is 98.8 Å². The number of hydrogen-bond acceptors (Lipinski definition) is 2. The second kappa shape index (κ2) is 8.53. The fraction of sp³-hybridized carbons (Fsp3) is 0.0800. The molecule has 0 bridgehead atoms. The Morgan fingerprint density at radius 3 is 1.87 bits per heavy atom. The highest BCUT2D eigenvalue weighted by molar-refractivity contribution is 6.16. The summed E-state index contributed by atoms with van der Waals surface area (Å²) in [5.41, 5.74) is 20.0. The average Bonchev–Trinajstić information content (AvgIpc) is 3.43. The molecule has 1 atom stereocenters. The van der Waals surface area contributed by atoms with Gasteiger partial charge in [-0.15, -0.1) is 0 Å². The number of hydrogen-bond donors (Lipinski definition) is 0. The Kier molecular flexibility index (Phi) is 4.28. The lowest BCUT2D eigenvalue weighted by Gasteiger charge is -2.48. The SMILES string of the molecule is CC1(C)c2cccc3c2N2c4c1ccc1c4C4(c5c(ccc6c5-n5c7c(cccc7c7ccc[n+]4c75)-c4ccccc4-6)O1)[n+]1cccc(c12)-c1ccccc1-3. The predicted octanol–water partition coefficient (Wildman–Crippen LogP) is 10.8. The van der Waals surface area contributed by atoms with Crippen LogP contribution in [0.2, 0.25) is 0 Å². The van der Waals surface area contributed by atoms with E-state index in [1.165, 1.54) is 112 Å². The van der Waals surface area contributed by atoms with Gasteiger partial charge in [0.2, 0.25) is 0 Å². The molecule has 0 saturated carbocycles. The van der Waals surface area contributed by atoms with E-state index in [0.717, 1.165) is 11.5 Å². The number of fused-ring (bicyclic) bond motifs is 7. The fourth-order valence-electron chi connectivity index (χ4n) is 11.8. The van der Waals surface area contributed by atoms with E-state index in [-0.39, 0.29) is 5.41 Å². The van der Waals surface area contributed by atoms with Crippen LogP contribution in [0.4, 0.5) is 17.2 Å². The van der Waals surface area contributed by atoms with Crippen molar-refractivity contribution >= 4 is 39.1 Å². The van der Waals surface area contributed by atoms with Crippen LogP contribution in [0.3, 0.4) is 0 Å². The number of rotatable bonds is 0. The van der Waals surface area contributed by atoms with Gasteiger partial charge in [-0.3, -0.25) is 0 Å². The third-order valence-electron chi connectivity index (χ3n) is 13.9. The highest BCUT2D eigenvalue weighted by atomic mass is 16.5. The number of anilines is 3. The maximum absolute atomic E-state index is 7.28. The lowest BCUT2D eigenvalue weighted by Crippen LogP contribution is -2.79. The van der Waals surface area contributed by atoms with Gasteiger partial charge in [0, 0.05) is 38.6 Å². The lowest BCUT2D eigenvalue weighted by atomic mass is 9.69. The topological polar surface area (TPSA) is 25.2 Å². The third kappa shape index (κ3) is 2.67. The molecule has 0 saturated heterocycles. The third-order valence-corrected chi connectivity index (χ3v) is 13.9. The van der Waals surface area contributed by atoms with E-state index in [1.54, 1.807) is 0 Å². The van der Waals surface area contributed by atoms with Crippen molar-refractivity contribution in [2.24, 2.45) is 0 Å². The first-order chi connectivity index (χ1) is 27.1. The molecule has 3 aromatic heterocycles. The lowest BCUT2D eigenvalue weighted by molar-refractivity contribution is -0.958. The standard InChI is InChI=1S/C50H30N4O/c1-49(2)37-20-8-17-32-29-13-5-6-14-30(29)35-18-9-25-51-47(35)54(44(32)37)46-38(49)22-24-40-42(46)50(51)41-39(55-40)23-21-34-28-12-4-3-11-27(28)31-15-7-16-33-36-19-10-26-52(50)48(36)53(43(31)33)45(34)41/h3-26H,1-2H3/q+2. The Hall–Kier alpha value is -6.98. The molecule has 0 radical (unpaired) electrons. The average molecular weight is 703 g/mol. The first kappa shape index (κ1) is 27.6. The summed E-state index contributed by atoms with van der Waals surface area (Å²) in [6, 6.07) is 50.0. The van der Waals surface area contributed by atoms with Crippen molar-refractivity contribution in [3.63, 3.8) is 0 Å². The van der Waals surface area contributed by atoms with Crippen LogP contribution in [-0.4, -0.2) is 4.57 Å². The molecule has 0 fully saturated rings. The van der Waals surface area contributed by atoms with Crippen LogP contribution in [0.1, 0.15) is 36.1 Å². The zero-order chi connectivity index (χ0) is 35.7. The van der Waals surface area contributed by atoms with Gasteiger partial charge in [-0.05, 0) is 70.8 Å². The minimum atomic E-state index is -0.827. The van der Waals surface area contributed by atoms with Crippen molar-refractivity contribution in [1.82, 2.24) is 4.57 Å². The van der Waals surface area contributed by atoms with Crippen molar-refractivity contribution in [2.75, 3.05) is 4.90 Å². The van der Waals surface area contributed by atoms with Crippen LogP contribution in [-0.2, 0) is 11.1 Å². The van der Waals surface area contributed by atoms with Gasteiger partial charge < -0.3 is 4.74 Å². The summed E-state index contributed by atoms with van der Waals surface area (Å²) < 4.78 is 15.1. The summed E-state index contributed by atoms with van der Waals surface area (Å²) in [7, 11) is 0. The Morgan fingerprint density at radius 1 is 0.473 bits per heavy atom. The Balaban J connectivity index is 1.26. The number of pyridine rings is 2. The maximum atomic E-state index is 7.28. The molecule has 6 aliphatic heterocycles. The largest absolute Gasteiger partial charge is 0.456 e. The molecule has 254 valence electrons. The van der Waals surface area contributed by atoms with Gasteiger partial charge >= 0.3 is 5.66 Å². The maximum Gasteiger partial charge on any atom is 0.321 e. The Morgan fingerprint density at radius 2 is 1.05 bits per heavy atom. The number of ether oxygens (including phenoxy) is 1. The van der Waals surface area contributed by atoms with Gasteiger partial charge in [0.05, 0.1) is 23.3 Å². The molecular weight excluding hydrogens is 673 g/mol. The van der Waals surface area contributed by atoms with Crippen molar-refractivity contribution in [2.45, 2.75) is 24.9 Å². The second-order valence-corrected chi connectivity index (χ2v) is 16.5. The number of para-hydroxylation sites is 2. The zero-order valence-electron chi connectivity index (χ0n) is 30.1. The summed E-state index contributed by atoms with van der Waals surface area (Å²) in [4.78, 5) is 2.61. The number of aromatic nitrogens is 3. The van der Waals surface area contributed by atoms with Crippen molar-refractivity contribution < 1.29 is 13.9 Å². The highest BCUT2D eigenvalue weighted by Gasteiger charge is 2.68. The minimum absolute atomic E-state index is 0.286. The van der Waals surface area contributed by atoms with E-state index < -0.39 is 5.66 Å². The predicted molar refractivity (Wildman–Crippen MR) is 215 cm³/mol. The van der Waals surface area contributed by atoms with E-state index in [9.17, 15) is 0 Å². The molecule has 0 aliphatic carbocycles. The first-order valence-electron chi connectivity index (χ1n) is 19.3. The van der Waals surface area contributed by atoms with E-state index in [4.69, 9.17) is 4.74 Å². The van der Waals surface area contributed by atoms with Gasteiger partial charge in [0.15, 0.2) is 11.4 Å². The zero-order valence-corrected chi connectivity index (χ0v) is 30.1. The van der Waals surface area contributed by atoms with E-state index in [2.05, 4.69) is 178 Å². The van der Waals surface area contributed by atoms with Crippen molar-refractivity contribution in [3.05, 3.63) is 168 Å². The summed E-state index contributed by atoms with van der Waals surface area (Å²) >= 11 is 0. The van der Waals surface area contributed by atoms with E-state index >= 15 is 0 Å². The molecule has 1 spiro atoms. The van der Waals surface area contributed by atoms with Crippen LogP contribution in [0.5, 0.6) is 11.5 Å². The molecule has 9 aromatic rings. The van der Waals surface area contributed by atoms with Gasteiger partial charge in [-0.2, -0.15) is 18.6 Å². The van der Waals surface area contributed by atoms with Gasteiger partial charge in [0.1, 0.15) is 33.8 Å². The molecule has 55 heavy (non-hydrogen) atoms. The van der Waals surface area contributed by atoms with Crippen molar-refractivity contribution in [3.8, 4) is 61.7 Å². The molecule has 1 unspecified atom stereocenters. The molecule has 9 heterocycles. The van der Waals surface area contributed by atoms with Gasteiger partial charge in [-0.25, -0.2) is 0 Å².